The molecule has 2 N–H and O–H groups in total. The Morgan fingerprint density at radius 1 is 1.39 bits per heavy atom. The number of allylic oxidation sites excluding steroid dienone is 2. The molecular formula is C19H23N3O. The molecular weight excluding hydrogens is 286 g/mol. The highest BCUT2D eigenvalue weighted by atomic mass is 16.1. The monoisotopic (exact) mass is 309 g/mol. The molecule has 4 heteroatoms. The van der Waals surface area contributed by atoms with Crippen LogP contribution in [-0.4, -0.2) is 18.3 Å². The minimum Gasteiger partial charge on any atom is -0.387 e. The van der Waals surface area contributed by atoms with E-state index < -0.39 is 0 Å². The number of hydrogen-bond acceptors (Lipinski definition) is 4. The number of benzene rings is 1. The fraction of sp³-hybridized carbons (Fsp3) is 0.211. The van der Waals surface area contributed by atoms with Gasteiger partial charge in [-0.3, -0.25) is 9.79 Å². The predicted molar refractivity (Wildman–Crippen MR) is 100 cm³/mol. The molecule has 0 radical (unpaired) electrons. The zero-order valence-electron chi connectivity index (χ0n) is 13.9. The molecule has 0 aliphatic carbocycles. The van der Waals surface area contributed by atoms with E-state index in [-0.39, 0.29) is 0 Å². The van der Waals surface area contributed by atoms with Crippen LogP contribution in [0.2, 0.25) is 0 Å². The Labute approximate surface area is 137 Å². The average molecular weight is 309 g/mol. The van der Waals surface area contributed by atoms with Crippen LogP contribution in [0.15, 0.2) is 52.6 Å². The molecule has 1 aromatic rings. The molecule has 0 saturated carbocycles. The molecule has 1 aliphatic rings. The van der Waals surface area contributed by atoms with Crippen LogP contribution in [0.1, 0.15) is 38.3 Å². The molecule has 0 bridgehead atoms. The molecule has 120 valence electrons. The summed E-state index contributed by atoms with van der Waals surface area (Å²) in [5.74, 6) is 0.436. The number of fused-ring (bicyclic) bond motifs is 1. The van der Waals surface area contributed by atoms with Crippen LogP contribution in [0.5, 0.6) is 0 Å². The number of aliphatic imine (C=N–C) groups is 2. The second kappa shape index (κ2) is 9.30. The van der Waals surface area contributed by atoms with E-state index in [4.69, 9.17) is 5.73 Å². The van der Waals surface area contributed by atoms with Crippen LogP contribution in [-0.2, 0) is 4.79 Å². The molecule has 0 aromatic heterocycles. The maximum absolute atomic E-state index is 11.0. The van der Waals surface area contributed by atoms with E-state index in [2.05, 4.69) is 16.6 Å². The van der Waals surface area contributed by atoms with Crippen molar-refractivity contribution in [2.75, 3.05) is 0 Å². The highest BCUT2D eigenvalue weighted by molar-refractivity contribution is 6.10. The molecule has 23 heavy (non-hydrogen) atoms. The Morgan fingerprint density at radius 3 is 2.74 bits per heavy atom. The summed E-state index contributed by atoms with van der Waals surface area (Å²) in [5.41, 5.74) is 10.1. The molecule has 2 rings (SSSR count). The quantitative estimate of drug-likeness (QED) is 0.665. The standard InChI is InChI=1S/C17H17N3O.C2H6/c1-3-13(10-19-4-2)14-5-6-15-7-12(11-21)8-17(18)20-16(15)9-14;1-2/h3-7,9-11H,2,8H2,1H3,(H2,18,20);1-2H3/b13-3+,19-10?;. The molecule has 1 aromatic carbocycles. The lowest BCUT2D eigenvalue weighted by atomic mass is 10.0. The van der Waals surface area contributed by atoms with Crippen molar-refractivity contribution < 1.29 is 4.79 Å². The Hall–Kier alpha value is -2.75. The maximum atomic E-state index is 11.0. The van der Waals surface area contributed by atoms with E-state index in [1.165, 1.54) is 6.20 Å². The van der Waals surface area contributed by atoms with Gasteiger partial charge in [0.15, 0.2) is 0 Å². The van der Waals surface area contributed by atoms with Gasteiger partial charge in [-0.1, -0.05) is 38.6 Å². The van der Waals surface area contributed by atoms with Gasteiger partial charge < -0.3 is 5.73 Å². The van der Waals surface area contributed by atoms with E-state index in [0.29, 0.717) is 17.8 Å². The van der Waals surface area contributed by atoms with Gasteiger partial charge in [0.2, 0.25) is 0 Å². The molecule has 4 nitrogen and oxygen atoms in total. The predicted octanol–water partition coefficient (Wildman–Crippen LogP) is 4.31. The van der Waals surface area contributed by atoms with Crippen molar-refractivity contribution in [2.24, 2.45) is 15.7 Å². The van der Waals surface area contributed by atoms with Gasteiger partial charge in [-0.15, -0.1) is 0 Å². The Balaban J connectivity index is 0.00000127. The van der Waals surface area contributed by atoms with E-state index in [0.717, 1.165) is 28.7 Å². The molecule has 0 amide bonds. The van der Waals surface area contributed by atoms with Gasteiger partial charge >= 0.3 is 0 Å². The lowest BCUT2D eigenvalue weighted by Gasteiger charge is -2.06. The first-order valence-electron chi connectivity index (χ1n) is 7.61. The van der Waals surface area contributed by atoms with E-state index >= 15 is 0 Å². The van der Waals surface area contributed by atoms with E-state index in [1.807, 2.05) is 51.1 Å². The van der Waals surface area contributed by atoms with Crippen LogP contribution >= 0.6 is 0 Å². The Morgan fingerprint density at radius 2 is 2.13 bits per heavy atom. The first-order chi connectivity index (χ1) is 11.2. The van der Waals surface area contributed by atoms with Crippen molar-refractivity contribution in [1.82, 2.24) is 0 Å². The molecule has 0 fully saturated rings. The lowest BCUT2D eigenvalue weighted by molar-refractivity contribution is -0.104. The largest absolute Gasteiger partial charge is 0.387 e. The summed E-state index contributed by atoms with van der Waals surface area (Å²) < 4.78 is 0. The normalized spacial score (nSPS) is 14.0. The van der Waals surface area contributed by atoms with Crippen molar-refractivity contribution in [3.63, 3.8) is 0 Å². The SMILES string of the molecule is C=CN=C/C(=C\C)c1ccc2c(c1)N=C(N)CC(C=O)=C2.CC. The van der Waals surface area contributed by atoms with Gasteiger partial charge in [0.05, 0.1) is 5.69 Å². The van der Waals surface area contributed by atoms with E-state index in [1.54, 1.807) is 6.21 Å². The topological polar surface area (TPSA) is 67.8 Å². The Kier molecular flexibility index (Phi) is 7.40. The summed E-state index contributed by atoms with van der Waals surface area (Å²) >= 11 is 0. The van der Waals surface area contributed by atoms with Gasteiger partial charge in [-0.25, -0.2) is 4.99 Å². The number of rotatable bonds is 4. The minimum absolute atomic E-state index is 0.377. The number of aldehydes is 1. The minimum atomic E-state index is 0.377. The second-order valence-corrected chi connectivity index (χ2v) is 4.60. The average Bonchev–Trinajstić information content (AvgIpc) is 2.74. The number of hydrogen-bond donors (Lipinski definition) is 1. The molecule has 0 atom stereocenters. The summed E-state index contributed by atoms with van der Waals surface area (Å²) in [6, 6.07) is 5.84. The summed E-state index contributed by atoms with van der Waals surface area (Å²) in [5, 5.41) is 0. The third-order valence-electron chi connectivity index (χ3n) is 3.14. The number of carbonyl (C=O) groups is 1. The van der Waals surface area contributed by atoms with Crippen LogP contribution in [0.25, 0.3) is 11.6 Å². The van der Waals surface area contributed by atoms with Crippen molar-refractivity contribution in [2.45, 2.75) is 27.2 Å². The van der Waals surface area contributed by atoms with Crippen molar-refractivity contribution in [3.05, 3.63) is 53.8 Å². The van der Waals surface area contributed by atoms with Gasteiger partial charge in [0.1, 0.15) is 12.1 Å². The van der Waals surface area contributed by atoms with Crippen LogP contribution in [0.4, 0.5) is 5.69 Å². The van der Waals surface area contributed by atoms with Gasteiger partial charge in [-0.2, -0.15) is 0 Å². The third kappa shape index (κ3) is 4.88. The number of amidine groups is 1. The zero-order valence-corrected chi connectivity index (χ0v) is 13.9. The Bertz CT molecular complexity index is 695. The lowest BCUT2D eigenvalue weighted by Crippen LogP contribution is -2.11. The molecule has 0 unspecified atom stereocenters. The molecule has 0 saturated heterocycles. The molecule has 0 spiro atoms. The van der Waals surface area contributed by atoms with Crippen molar-refractivity contribution in [1.29, 1.82) is 0 Å². The van der Waals surface area contributed by atoms with Crippen LogP contribution in [0, 0.1) is 0 Å². The number of carbonyl (C=O) groups excluding carboxylic acids is 1. The third-order valence-corrected chi connectivity index (χ3v) is 3.14. The van der Waals surface area contributed by atoms with Crippen LogP contribution < -0.4 is 5.73 Å². The van der Waals surface area contributed by atoms with Gasteiger partial charge in [0, 0.05) is 30.0 Å². The maximum Gasteiger partial charge on any atom is 0.146 e. The highest BCUT2D eigenvalue weighted by Gasteiger charge is 2.10. The number of nitrogens with zero attached hydrogens (tertiary/aromatic N) is 2. The summed E-state index contributed by atoms with van der Waals surface area (Å²) in [6.45, 7) is 9.51. The van der Waals surface area contributed by atoms with Crippen molar-refractivity contribution in [3.8, 4) is 0 Å². The van der Waals surface area contributed by atoms with E-state index in [9.17, 15) is 4.79 Å². The first-order valence-corrected chi connectivity index (χ1v) is 7.61. The summed E-state index contributed by atoms with van der Waals surface area (Å²) in [7, 11) is 0. The van der Waals surface area contributed by atoms with Crippen LogP contribution in [0.3, 0.4) is 0 Å². The first kappa shape index (κ1) is 18.3. The van der Waals surface area contributed by atoms with Gasteiger partial charge in [0.25, 0.3) is 0 Å². The summed E-state index contributed by atoms with van der Waals surface area (Å²) in [4.78, 5) is 19.4. The zero-order chi connectivity index (χ0) is 17.2. The number of nitrogens with two attached hydrogens (primary N) is 1. The fourth-order valence-electron chi connectivity index (χ4n) is 2.12. The second-order valence-electron chi connectivity index (χ2n) is 4.60. The highest BCUT2D eigenvalue weighted by Crippen LogP contribution is 2.29. The summed E-state index contributed by atoms with van der Waals surface area (Å²) in [6.07, 6.45) is 8.21. The fourth-order valence-corrected chi connectivity index (χ4v) is 2.12. The molecule has 1 aliphatic heterocycles. The van der Waals surface area contributed by atoms with Crippen molar-refractivity contribution >= 4 is 35.7 Å². The smallest absolute Gasteiger partial charge is 0.146 e. The molecule has 1 heterocycles. The van der Waals surface area contributed by atoms with Gasteiger partial charge in [-0.05, 0) is 30.2 Å².